The highest BCUT2D eigenvalue weighted by Gasteiger charge is 2.12. The zero-order chi connectivity index (χ0) is 12.5. The van der Waals surface area contributed by atoms with Crippen molar-refractivity contribution in [2.75, 3.05) is 5.32 Å². The number of hydrogen-bond donors (Lipinski definition) is 4. The average molecular weight is 290 g/mol. The molecule has 10 heteroatoms. The molecule has 6 N–H and O–H groups in total. The van der Waals surface area contributed by atoms with E-state index >= 15 is 0 Å². The Morgan fingerprint density at radius 3 is 2.61 bits per heavy atom. The number of fused-ring (bicyclic) bond motifs is 1. The normalized spacial score (nSPS) is 10.7. The minimum absolute atomic E-state index is 0. The third-order valence-electron chi connectivity index (χ3n) is 1.74. The maximum Gasteiger partial charge on any atom is 0.361 e. The molecule has 0 fully saturated rings. The summed E-state index contributed by atoms with van der Waals surface area (Å²) in [6.45, 7) is 0. The fourth-order valence-corrected chi connectivity index (χ4v) is 2.31. The van der Waals surface area contributed by atoms with E-state index in [1.54, 1.807) is 12.1 Å². The van der Waals surface area contributed by atoms with Gasteiger partial charge in [-0.1, -0.05) is 23.5 Å². The van der Waals surface area contributed by atoms with Crippen LogP contribution in [-0.2, 0) is 10.3 Å². The first-order valence-electron chi connectivity index (χ1n) is 4.36. The zero-order valence-corrected chi connectivity index (χ0v) is 10.6. The molecule has 18 heavy (non-hydrogen) atoms. The van der Waals surface area contributed by atoms with E-state index in [4.69, 9.17) is 4.55 Å². The van der Waals surface area contributed by atoms with Gasteiger partial charge < -0.3 is 6.15 Å². The lowest BCUT2D eigenvalue weighted by atomic mass is 10.3. The largest absolute Gasteiger partial charge is 0.361 e. The van der Waals surface area contributed by atoms with Crippen molar-refractivity contribution in [3.63, 3.8) is 0 Å². The summed E-state index contributed by atoms with van der Waals surface area (Å²) in [7, 11) is -4.56. The van der Waals surface area contributed by atoms with Gasteiger partial charge in [0.15, 0.2) is 5.13 Å². The summed E-state index contributed by atoms with van der Waals surface area (Å²) in [4.78, 5) is 15.2. The Hall–Kier alpha value is -1.75. The monoisotopic (exact) mass is 290 g/mol. The molecule has 0 bridgehead atoms. The number of rotatable bonds is 2. The van der Waals surface area contributed by atoms with Crippen LogP contribution in [0.25, 0.3) is 10.2 Å². The molecule has 0 saturated heterocycles. The summed E-state index contributed by atoms with van der Waals surface area (Å²) in [5, 5.41) is 2.45. The number of thiazole rings is 1. The highest BCUT2D eigenvalue weighted by Crippen LogP contribution is 2.25. The lowest BCUT2D eigenvalue weighted by molar-refractivity contribution is 0.255. The van der Waals surface area contributed by atoms with Crippen LogP contribution in [0.1, 0.15) is 0 Å². The number of anilines is 1. The van der Waals surface area contributed by atoms with E-state index in [1.165, 1.54) is 16.1 Å². The Kier molecular flexibility index (Phi) is 4.19. The summed E-state index contributed by atoms with van der Waals surface area (Å²) >= 11 is 1.19. The third kappa shape index (κ3) is 3.63. The van der Waals surface area contributed by atoms with E-state index in [9.17, 15) is 13.2 Å². The molecule has 0 saturated carbocycles. The van der Waals surface area contributed by atoms with E-state index in [2.05, 4.69) is 10.3 Å². The van der Waals surface area contributed by atoms with Crippen LogP contribution in [0.3, 0.4) is 0 Å². The van der Waals surface area contributed by atoms with Gasteiger partial charge in [-0.25, -0.2) is 14.5 Å². The minimum atomic E-state index is -4.56. The van der Waals surface area contributed by atoms with Gasteiger partial charge >= 0.3 is 16.3 Å². The molecule has 0 unspecified atom stereocenters. The van der Waals surface area contributed by atoms with Crippen LogP contribution in [0.5, 0.6) is 0 Å². The third-order valence-corrected chi connectivity index (χ3v) is 3.13. The van der Waals surface area contributed by atoms with Gasteiger partial charge in [0.1, 0.15) is 0 Å². The van der Waals surface area contributed by atoms with Gasteiger partial charge in [-0.2, -0.15) is 8.42 Å². The van der Waals surface area contributed by atoms with E-state index in [1.807, 2.05) is 12.1 Å². The SMILES string of the molecule is N.O=C(Nc1nc2ccccc2s1)NS(=O)(=O)O. The lowest BCUT2D eigenvalue weighted by Gasteiger charge is -2.00. The summed E-state index contributed by atoms with van der Waals surface area (Å²) in [5.74, 6) is 0. The van der Waals surface area contributed by atoms with Crippen molar-refractivity contribution >= 4 is 43.0 Å². The highest BCUT2D eigenvalue weighted by atomic mass is 32.2. The number of para-hydroxylation sites is 1. The van der Waals surface area contributed by atoms with E-state index in [0.717, 1.165) is 4.70 Å². The van der Waals surface area contributed by atoms with Crippen molar-refractivity contribution < 1.29 is 17.8 Å². The molecule has 98 valence electrons. The molecule has 0 aliphatic carbocycles. The number of urea groups is 1. The molecule has 0 aliphatic rings. The molecule has 0 radical (unpaired) electrons. The van der Waals surface area contributed by atoms with Gasteiger partial charge in [0.25, 0.3) is 0 Å². The lowest BCUT2D eigenvalue weighted by Crippen LogP contribution is -2.33. The maximum atomic E-state index is 11.1. The van der Waals surface area contributed by atoms with Crippen molar-refractivity contribution in [1.29, 1.82) is 0 Å². The second kappa shape index (κ2) is 5.27. The highest BCUT2D eigenvalue weighted by molar-refractivity contribution is 7.84. The second-order valence-electron chi connectivity index (χ2n) is 3.02. The van der Waals surface area contributed by atoms with Crippen molar-refractivity contribution in [2.45, 2.75) is 0 Å². The summed E-state index contributed by atoms with van der Waals surface area (Å²) in [5.41, 5.74) is 0.694. The molecule has 1 aromatic heterocycles. The van der Waals surface area contributed by atoms with Crippen LogP contribution in [0.4, 0.5) is 9.93 Å². The predicted octanol–water partition coefficient (Wildman–Crippen LogP) is 1.38. The Morgan fingerprint density at radius 2 is 2.00 bits per heavy atom. The summed E-state index contributed by atoms with van der Waals surface area (Å²) in [6, 6.07) is 6.13. The first-order valence-corrected chi connectivity index (χ1v) is 6.61. The molecule has 2 rings (SSSR count). The van der Waals surface area contributed by atoms with E-state index in [-0.39, 0.29) is 11.3 Å². The number of hydrogen-bond acceptors (Lipinski definition) is 6. The fourth-order valence-electron chi connectivity index (χ4n) is 1.17. The molecule has 0 aliphatic heterocycles. The standard InChI is InChI=1S/C8H7N3O4S2.H3N/c12-7(11-17(13,14)15)10-8-9-5-3-1-2-4-6(5)16-8;/h1-4H,(H,13,14,15)(H2,9,10,11,12);1H3. The minimum Gasteiger partial charge on any atom is -0.344 e. The van der Waals surface area contributed by atoms with Gasteiger partial charge in [-0.15, -0.1) is 0 Å². The quantitative estimate of drug-likeness (QED) is 0.615. The first-order chi connectivity index (χ1) is 7.94. The number of benzene rings is 1. The Bertz CT molecular complexity index is 634. The first kappa shape index (κ1) is 14.3. The molecular formula is C8H10N4O4S2. The number of carbonyl (C=O) groups excluding carboxylic acids is 1. The van der Waals surface area contributed by atoms with Crippen molar-refractivity contribution in [1.82, 2.24) is 15.9 Å². The summed E-state index contributed by atoms with van der Waals surface area (Å²) < 4.78 is 31.3. The van der Waals surface area contributed by atoms with Crippen LogP contribution in [0, 0.1) is 0 Å². The van der Waals surface area contributed by atoms with Gasteiger partial charge in [0.05, 0.1) is 10.2 Å². The molecule has 0 spiro atoms. The topological polar surface area (TPSA) is 143 Å². The van der Waals surface area contributed by atoms with E-state index < -0.39 is 16.3 Å². The Labute approximate surface area is 106 Å². The maximum absolute atomic E-state index is 11.1. The fraction of sp³-hybridized carbons (Fsp3) is 0. The average Bonchev–Trinajstić information content (AvgIpc) is 2.55. The molecule has 1 aromatic carbocycles. The van der Waals surface area contributed by atoms with Crippen molar-refractivity contribution in [2.24, 2.45) is 0 Å². The van der Waals surface area contributed by atoms with Crippen LogP contribution in [0.2, 0.25) is 0 Å². The Balaban J connectivity index is 0.00000162. The van der Waals surface area contributed by atoms with Gasteiger partial charge in [0.2, 0.25) is 0 Å². The smallest absolute Gasteiger partial charge is 0.344 e. The number of aromatic nitrogens is 1. The molecule has 0 atom stereocenters. The van der Waals surface area contributed by atoms with Crippen LogP contribution in [0.15, 0.2) is 24.3 Å². The molecule has 8 nitrogen and oxygen atoms in total. The second-order valence-corrected chi connectivity index (χ2v) is 5.20. The molecule has 2 aromatic rings. The van der Waals surface area contributed by atoms with Crippen LogP contribution in [-0.4, -0.2) is 24.0 Å². The van der Waals surface area contributed by atoms with Crippen molar-refractivity contribution in [3.05, 3.63) is 24.3 Å². The van der Waals surface area contributed by atoms with Gasteiger partial charge in [-0.05, 0) is 12.1 Å². The molecule has 1 heterocycles. The molecule has 2 amide bonds. The number of nitrogens with zero attached hydrogens (tertiary/aromatic N) is 1. The Morgan fingerprint density at radius 1 is 1.33 bits per heavy atom. The van der Waals surface area contributed by atoms with Crippen LogP contribution >= 0.6 is 11.3 Å². The number of nitrogens with one attached hydrogen (secondary N) is 2. The van der Waals surface area contributed by atoms with E-state index in [0.29, 0.717) is 5.52 Å². The van der Waals surface area contributed by atoms with Gasteiger partial charge in [0, 0.05) is 0 Å². The van der Waals surface area contributed by atoms with Crippen molar-refractivity contribution in [3.8, 4) is 0 Å². The van der Waals surface area contributed by atoms with Crippen LogP contribution < -0.4 is 16.2 Å². The number of carbonyl (C=O) groups is 1. The summed E-state index contributed by atoms with van der Waals surface area (Å²) in [6.07, 6.45) is 0. The molecular weight excluding hydrogens is 280 g/mol. The zero-order valence-electron chi connectivity index (χ0n) is 8.95. The predicted molar refractivity (Wildman–Crippen MR) is 68.3 cm³/mol. The van der Waals surface area contributed by atoms with Gasteiger partial charge in [-0.3, -0.25) is 9.87 Å². The number of amides is 2.